The van der Waals surface area contributed by atoms with Gasteiger partial charge in [-0.3, -0.25) is 4.57 Å². The predicted molar refractivity (Wildman–Crippen MR) is 123 cm³/mol. The van der Waals surface area contributed by atoms with Crippen LogP contribution in [0.25, 0.3) is 11.6 Å². The molecular formula is C25H33O3P. The van der Waals surface area contributed by atoms with Crippen molar-refractivity contribution in [2.45, 2.75) is 58.3 Å². The summed E-state index contributed by atoms with van der Waals surface area (Å²) in [6.45, 7) is 11.6. The summed E-state index contributed by atoms with van der Waals surface area (Å²) in [5.41, 5.74) is 6.89. The molecule has 0 heterocycles. The maximum Gasteiger partial charge on any atom is 0.360 e. The first kappa shape index (κ1) is 22.0. The maximum absolute atomic E-state index is 12.5. The van der Waals surface area contributed by atoms with Gasteiger partial charge in [-0.2, -0.15) is 0 Å². The van der Waals surface area contributed by atoms with Crippen LogP contribution in [0, 0.1) is 0 Å². The monoisotopic (exact) mass is 412 g/mol. The lowest BCUT2D eigenvalue weighted by molar-refractivity contribution is 0.287. The fraction of sp³-hybridized carbons (Fsp3) is 0.440. The molecule has 0 amide bonds. The second-order valence-corrected chi connectivity index (χ2v) is 11.6. The molecule has 0 aliphatic heterocycles. The largest absolute Gasteiger partial charge is 0.360 e. The Morgan fingerprint density at radius 1 is 0.897 bits per heavy atom. The maximum atomic E-state index is 12.5. The molecule has 0 radical (unpaired) electrons. The molecular weight excluding hydrogens is 379 g/mol. The van der Waals surface area contributed by atoms with E-state index in [2.05, 4.69) is 58.9 Å². The lowest BCUT2D eigenvalue weighted by atomic mass is 9.63. The number of hydrogen-bond donors (Lipinski definition) is 0. The number of benzene rings is 2. The van der Waals surface area contributed by atoms with Crippen molar-refractivity contribution in [3.8, 4) is 0 Å². The van der Waals surface area contributed by atoms with Crippen LogP contribution in [0.4, 0.5) is 0 Å². The molecule has 1 aliphatic rings. The highest BCUT2D eigenvalue weighted by Crippen LogP contribution is 2.47. The Kier molecular flexibility index (Phi) is 5.98. The van der Waals surface area contributed by atoms with Crippen LogP contribution < -0.4 is 5.30 Å². The van der Waals surface area contributed by atoms with E-state index in [1.807, 2.05) is 24.3 Å². The molecule has 0 N–H and O–H groups in total. The van der Waals surface area contributed by atoms with E-state index in [1.54, 1.807) is 0 Å². The molecule has 3 rings (SSSR count). The van der Waals surface area contributed by atoms with Gasteiger partial charge in [0, 0.05) is 14.2 Å². The normalized spacial score (nSPS) is 18.4. The third-order valence-electron chi connectivity index (χ3n) is 6.38. The van der Waals surface area contributed by atoms with E-state index in [0.29, 0.717) is 5.30 Å². The first-order valence-electron chi connectivity index (χ1n) is 10.2. The average molecular weight is 413 g/mol. The topological polar surface area (TPSA) is 35.5 Å². The van der Waals surface area contributed by atoms with E-state index < -0.39 is 7.60 Å². The number of fused-ring (bicyclic) bond motifs is 1. The quantitative estimate of drug-likeness (QED) is 0.404. The Morgan fingerprint density at radius 3 is 2.00 bits per heavy atom. The molecule has 0 aromatic heterocycles. The van der Waals surface area contributed by atoms with Gasteiger partial charge in [-0.15, -0.1) is 0 Å². The molecule has 0 atom stereocenters. The molecule has 4 heteroatoms. The lowest BCUT2D eigenvalue weighted by Crippen LogP contribution is -2.33. The SMILES string of the molecule is COP(=O)(OC)c1ccc(/C=C(\C)c2ccc3c(c2)C(C)(C)CCC3(C)C)cc1. The minimum Gasteiger partial charge on any atom is -0.309 e. The van der Waals surface area contributed by atoms with Crippen LogP contribution in [-0.2, 0) is 24.4 Å². The zero-order valence-corrected chi connectivity index (χ0v) is 19.6. The van der Waals surface area contributed by atoms with Crippen molar-refractivity contribution in [3.63, 3.8) is 0 Å². The number of hydrogen-bond acceptors (Lipinski definition) is 3. The zero-order chi connectivity index (χ0) is 21.4. The Labute approximate surface area is 175 Å². The van der Waals surface area contributed by atoms with Crippen molar-refractivity contribution in [2.75, 3.05) is 14.2 Å². The summed E-state index contributed by atoms with van der Waals surface area (Å²) in [5.74, 6) is 0. The van der Waals surface area contributed by atoms with E-state index in [-0.39, 0.29) is 10.8 Å². The Bertz CT molecular complexity index is 960. The summed E-state index contributed by atoms with van der Waals surface area (Å²) in [6.07, 6.45) is 4.59. The van der Waals surface area contributed by atoms with Crippen molar-refractivity contribution in [2.24, 2.45) is 0 Å². The average Bonchev–Trinajstić information content (AvgIpc) is 2.71. The van der Waals surface area contributed by atoms with Gasteiger partial charge in [-0.25, -0.2) is 0 Å². The highest BCUT2D eigenvalue weighted by Gasteiger charge is 2.36. The molecule has 2 aromatic carbocycles. The zero-order valence-electron chi connectivity index (χ0n) is 18.7. The van der Waals surface area contributed by atoms with E-state index in [9.17, 15) is 4.57 Å². The molecule has 1 aliphatic carbocycles. The summed E-state index contributed by atoms with van der Waals surface area (Å²) in [7, 11) is -0.399. The van der Waals surface area contributed by atoms with Crippen molar-refractivity contribution in [1.82, 2.24) is 0 Å². The highest BCUT2D eigenvalue weighted by atomic mass is 31.2. The summed E-state index contributed by atoms with van der Waals surface area (Å²) in [4.78, 5) is 0. The van der Waals surface area contributed by atoms with Crippen molar-refractivity contribution >= 4 is 24.5 Å². The van der Waals surface area contributed by atoms with Crippen LogP contribution in [0.3, 0.4) is 0 Å². The van der Waals surface area contributed by atoms with Crippen LogP contribution >= 0.6 is 7.60 Å². The molecule has 0 saturated heterocycles. The summed E-state index contributed by atoms with van der Waals surface area (Å²) < 4.78 is 22.6. The lowest BCUT2D eigenvalue weighted by Gasteiger charge is -2.42. The van der Waals surface area contributed by atoms with Gasteiger partial charge >= 0.3 is 7.60 Å². The molecule has 0 unspecified atom stereocenters. The summed E-state index contributed by atoms with van der Waals surface area (Å²) in [6, 6.07) is 14.5. The summed E-state index contributed by atoms with van der Waals surface area (Å²) >= 11 is 0. The Balaban J connectivity index is 1.94. The van der Waals surface area contributed by atoms with Gasteiger partial charge in [0.1, 0.15) is 0 Å². The first-order valence-corrected chi connectivity index (χ1v) is 11.7. The molecule has 0 bridgehead atoms. The van der Waals surface area contributed by atoms with E-state index in [0.717, 1.165) is 5.56 Å². The minimum atomic E-state index is -3.21. The molecule has 29 heavy (non-hydrogen) atoms. The van der Waals surface area contributed by atoms with Gasteiger partial charge in [-0.1, -0.05) is 64.1 Å². The second kappa shape index (κ2) is 7.87. The van der Waals surface area contributed by atoms with Gasteiger partial charge in [0.25, 0.3) is 0 Å². The Hall–Kier alpha value is -1.67. The fourth-order valence-electron chi connectivity index (χ4n) is 4.21. The molecule has 2 aromatic rings. The molecule has 156 valence electrons. The van der Waals surface area contributed by atoms with Crippen LogP contribution in [0.15, 0.2) is 42.5 Å². The van der Waals surface area contributed by atoms with Gasteiger partial charge in [-0.05, 0) is 70.6 Å². The standard InChI is InChI=1S/C25H33O3P/c1-18(16-19-8-11-21(12-9-19)29(26,27-6)28-7)20-10-13-22-23(17-20)25(4,5)15-14-24(22,2)3/h8-13,16-17H,14-15H2,1-7H3/b18-16+. The van der Waals surface area contributed by atoms with E-state index in [4.69, 9.17) is 9.05 Å². The van der Waals surface area contributed by atoms with Gasteiger partial charge < -0.3 is 9.05 Å². The highest BCUT2D eigenvalue weighted by molar-refractivity contribution is 7.62. The molecule has 0 spiro atoms. The first-order chi connectivity index (χ1) is 13.5. The third kappa shape index (κ3) is 4.28. The molecule has 0 fully saturated rings. The second-order valence-electron chi connectivity index (χ2n) is 9.31. The van der Waals surface area contributed by atoms with Crippen LogP contribution in [0.2, 0.25) is 0 Å². The van der Waals surface area contributed by atoms with Crippen molar-refractivity contribution in [3.05, 3.63) is 64.7 Å². The minimum absolute atomic E-state index is 0.199. The molecule has 0 saturated carbocycles. The van der Waals surface area contributed by atoms with Crippen LogP contribution in [0.1, 0.15) is 69.7 Å². The summed E-state index contributed by atoms with van der Waals surface area (Å²) in [5, 5.41) is 0.565. The Morgan fingerprint density at radius 2 is 1.45 bits per heavy atom. The van der Waals surface area contributed by atoms with E-state index in [1.165, 1.54) is 49.3 Å². The van der Waals surface area contributed by atoms with Gasteiger partial charge in [0.2, 0.25) is 0 Å². The van der Waals surface area contributed by atoms with Crippen molar-refractivity contribution < 1.29 is 13.6 Å². The van der Waals surface area contributed by atoms with Crippen LogP contribution in [0.5, 0.6) is 0 Å². The van der Waals surface area contributed by atoms with Gasteiger partial charge in [0.15, 0.2) is 0 Å². The van der Waals surface area contributed by atoms with Gasteiger partial charge in [0.05, 0.1) is 5.30 Å². The van der Waals surface area contributed by atoms with E-state index >= 15 is 0 Å². The molecule has 3 nitrogen and oxygen atoms in total. The predicted octanol–water partition coefficient (Wildman–Crippen LogP) is 6.71. The number of allylic oxidation sites excluding steroid dienone is 1. The fourth-order valence-corrected chi connectivity index (χ4v) is 5.29. The van der Waals surface area contributed by atoms with Crippen LogP contribution in [-0.4, -0.2) is 14.2 Å². The van der Waals surface area contributed by atoms with Crippen molar-refractivity contribution in [1.29, 1.82) is 0 Å². The number of rotatable bonds is 5. The smallest absolute Gasteiger partial charge is 0.309 e. The third-order valence-corrected chi connectivity index (χ3v) is 8.27.